The van der Waals surface area contributed by atoms with Crippen LogP contribution in [-0.2, 0) is 0 Å². The maximum absolute atomic E-state index is 3.39. The molecule has 0 aliphatic heterocycles. The third-order valence-corrected chi connectivity index (χ3v) is 3.96. The Hall–Kier alpha value is 0.310. The smallest absolute Gasteiger partial charge is 0.00921 e. The highest BCUT2D eigenvalue weighted by Gasteiger charge is 2.45. The summed E-state index contributed by atoms with van der Waals surface area (Å²) in [4.78, 5) is 0. The summed E-state index contributed by atoms with van der Waals surface area (Å²) in [5.41, 5.74) is 0.685. The van der Waals surface area contributed by atoms with Crippen LogP contribution in [0.25, 0.3) is 0 Å². The van der Waals surface area contributed by atoms with Gasteiger partial charge in [0.15, 0.2) is 0 Å². The summed E-state index contributed by atoms with van der Waals surface area (Å²) in [6.07, 6.45) is 7.91. The van der Waals surface area contributed by atoms with Crippen molar-refractivity contribution >= 4 is 11.8 Å². The van der Waals surface area contributed by atoms with Gasteiger partial charge in [0.1, 0.15) is 0 Å². The monoisotopic (exact) mass is 187 g/mol. The number of thioether (sulfide) groups is 1. The average molecular weight is 187 g/mol. The predicted octanol–water partition coefficient (Wildman–Crippen LogP) is 2.52. The minimum Gasteiger partial charge on any atom is -0.317 e. The predicted molar refractivity (Wildman–Crippen MR) is 57.8 cm³/mol. The molecule has 1 aliphatic rings. The van der Waals surface area contributed by atoms with E-state index >= 15 is 0 Å². The first kappa shape index (κ1) is 10.4. The van der Waals surface area contributed by atoms with Crippen molar-refractivity contribution in [3.8, 4) is 0 Å². The first-order valence-electron chi connectivity index (χ1n) is 4.91. The van der Waals surface area contributed by atoms with E-state index in [9.17, 15) is 0 Å². The lowest BCUT2D eigenvalue weighted by Crippen LogP contribution is -2.31. The summed E-state index contributed by atoms with van der Waals surface area (Å²) in [7, 11) is 2.08. The number of hydrogen-bond donors (Lipinski definition) is 1. The Morgan fingerprint density at radius 2 is 2.17 bits per heavy atom. The highest BCUT2D eigenvalue weighted by molar-refractivity contribution is 7.98. The fourth-order valence-electron chi connectivity index (χ4n) is 1.93. The third-order valence-electron chi connectivity index (χ3n) is 3.27. The second kappa shape index (κ2) is 4.52. The van der Waals surface area contributed by atoms with Gasteiger partial charge < -0.3 is 5.32 Å². The number of rotatable bonds is 6. The van der Waals surface area contributed by atoms with Crippen LogP contribution in [0.2, 0.25) is 0 Å². The normalized spacial score (nSPS) is 22.2. The molecule has 2 heteroatoms. The quantitative estimate of drug-likeness (QED) is 0.641. The number of nitrogens with one attached hydrogen (secondary N) is 1. The van der Waals surface area contributed by atoms with Crippen LogP contribution in [-0.4, -0.2) is 25.1 Å². The SMILES string of the molecule is CNC(C)C1(CCCSC)CC1. The van der Waals surface area contributed by atoms with Gasteiger partial charge in [-0.25, -0.2) is 0 Å². The van der Waals surface area contributed by atoms with E-state index in [2.05, 4.69) is 25.5 Å². The molecule has 12 heavy (non-hydrogen) atoms. The Balaban J connectivity index is 2.20. The molecule has 0 radical (unpaired) electrons. The lowest BCUT2D eigenvalue weighted by atomic mass is 9.93. The second-order valence-electron chi connectivity index (χ2n) is 3.97. The summed E-state index contributed by atoms with van der Waals surface area (Å²) in [6.45, 7) is 2.33. The zero-order chi connectivity index (χ0) is 9.03. The lowest BCUT2D eigenvalue weighted by molar-refractivity contribution is 0.345. The molecule has 0 bridgehead atoms. The van der Waals surface area contributed by atoms with Crippen LogP contribution >= 0.6 is 11.8 Å². The van der Waals surface area contributed by atoms with E-state index < -0.39 is 0 Å². The molecule has 1 fully saturated rings. The minimum atomic E-state index is 0.685. The van der Waals surface area contributed by atoms with Gasteiger partial charge in [-0.2, -0.15) is 11.8 Å². The molecule has 72 valence electrons. The van der Waals surface area contributed by atoms with Crippen molar-refractivity contribution in [3.63, 3.8) is 0 Å². The first-order valence-corrected chi connectivity index (χ1v) is 6.31. The van der Waals surface area contributed by atoms with Gasteiger partial charge in [0.05, 0.1) is 0 Å². The van der Waals surface area contributed by atoms with Crippen molar-refractivity contribution in [3.05, 3.63) is 0 Å². The van der Waals surface area contributed by atoms with Gasteiger partial charge >= 0.3 is 0 Å². The lowest BCUT2D eigenvalue weighted by Gasteiger charge is -2.22. The summed E-state index contributed by atoms with van der Waals surface area (Å²) in [5.74, 6) is 1.33. The van der Waals surface area contributed by atoms with E-state index in [0.29, 0.717) is 5.41 Å². The average Bonchev–Trinajstić information content (AvgIpc) is 2.85. The highest BCUT2D eigenvalue weighted by Crippen LogP contribution is 2.52. The molecule has 0 heterocycles. The Kier molecular flexibility index (Phi) is 3.91. The fourth-order valence-corrected chi connectivity index (χ4v) is 2.37. The zero-order valence-corrected chi connectivity index (χ0v) is 9.34. The van der Waals surface area contributed by atoms with Crippen molar-refractivity contribution in [2.45, 2.75) is 38.6 Å². The largest absolute Gasteiger partial charge is 0.317 e. The zero-order valence-electron chi connectivity index (χ0n) is 8.52. The van der Waals surface area contributed by atoms with E-state index in [4.69, 9.17) is 0 Å². The van der Waals surface area contributed by atoms with E-state index in [0.717, 1.165) is 6.04 Å². The van der Waals surface area contributed by atoms with Gasteiger partial charge in [0.2, 0.25) is 0 Å². The third kappa shape index (κ3) is 2.40. The molecule has 1 nitrogen and oxygen atoms in total. The summed E-state index contributed by atoms with van der Waals surface area (Å²) in [6, 6.07) is 0.722. The van der Waals surface area contributed by atoms with Gasteiger partial charge in [-0.1, -0.05) is 0 Å². The second-order valence-corrected chi connectivity index (χ2v) is 4.95. The van der Waals surface area contributed by atoms with Gasteiger partial charge in [0.25, 0.3) is 0 Å². The molecule has 1 aliphatic carbocycles. The van der Waals surface area contributed by atoms with Gasteiger partial charge in [0, 0.05) is 6.04 Å². The molecular weight excluding hydrogens is 166 g/mol. The topological polar surface area (TPSA) is 12.0 Å². The Morgan fingerprint density at radius 3 is 2.58 bits per heavy atom. The standard InChI is InChI=1S/C10H21NS/c1-9(11-2)10(6-7-10)5-4-8-12-3/h9,11H,4-8H2,1-3H3. The molecule has 1 rings (SSSR count). The van der Waals surface area contributed by atoms with Crippen LogP contribution in [0.15, 0.2) is 0 Å². The minimum absolute atomic E-state index is 0.685. The molecular formula is C10H21NS. The van der Waals surface area contributed by atoms with Crippen molar-refractivity contribution in [1.82, 2.24) is 5.32 Å². The van der Waals surface area contributed by atoms with Crippen LogP contribution in [0.1, 0.15) is 32.6 Å². The number of hydrogen-bond acceptors (Lipinski definition) is 2. The van der Waals surface area contributed by atoms with Crippen molar-refractivity contribution in [1.29, 1.82) is 0 Å². The van der Waals surface area contributed by atoms with Gasteiger partial charge in [-0.05, 0) is 57.1 Å². The molecule has 0 aromatic carbocycles. The first-order chi connectivity index (χ1) is 5.75. The fraction of sp³-hybridized carbons (Fsp3) is 1.00. The maximum Gasteiger partial charge on any atom is 0.00921 e. The van der Waals surface area contributed by atoms with Crippen LogP contribution in [0, 0.1) is 5.41 Å². The van der Waals surface area contributed by atoms with Gasteiger partial charge in [-0.15, -0.1) is 0 Å². The molecule has 0 saturated heterocycles. The Bertz CT molecular complexity index is 132. The molecule has 1 atom stereocenters. The maximum atomic E-state index is 3.39. The van der Waals surface area contributed by atoms with Crippen LogP contribution in [0.3, 0.4) is 0 Å². The van der Waals surface area contributed by atoms with Crippen molar-refractivity contribution in [2.24, 2.45) is 5.41 Å². The highest BCUT2D eigenvalue weighted by atomic mass is 32.2. The van der Waals surface area contributed by atoms with Crippen LogP contribution in [0.4, 0.5) is 0 Å². The van der Waals surface area contributed by atoms with Crippen molar-refractivity contribution in [2.75, 3.05) is 19.1 Å². The molecule has 0 aromatic rings. The van der Waals surface area contributed by atoms with Gasteiger partial charge in [-0.3, -0.25) is 0 Å². The molecule has 1 N–H and O–H groups in total. The van der Waals surface area contributed by atoms with Crippen LogP contribution < -0.4 is 5.32 Å². The van der Waals surface area contributed by atoms with E-state index in [-0.39, 0.29) is 0 Å². The molecule has 0 amide bonds. The van der Waals surface area contributed by atoms with E-state index in [1.807, 2.05) is 11.8 Å². The molecule has 1 saturated carbocycles. The van der Waals surface area contributed by atoms with E-state index in [1.54, 1.807) is 0 Å². The summed E-state index contributed by atoms with van der Waals surface area (Å²) >= 11 is 1.97. The molecule has 1 unspecified atom stereocenters. The summed E-state index contributed by atoms with van der Waals surface area (Å²) in [5, 5.41) is 3.39. The summed E-state index contributed by atoms with van der Waals surface area (Å²) < 4.78 is 0. The Morgan fingerprint density at radius 1 is 1.50 bits per heavy atom. The Labute approximate surface area is 80.7 Å². The van der Waals surface area contributed by atoms with Crippen LogP contribution in [0.5, 0.6) is 0 Å². The van der Waals surface area contributed by atoms with Crippen molar-refractivity contribution < 1.29 is 0 Å². The molecule has 0 spiro atoms. The molecule has 0 aromatic heterocycles. The van der Waals surface area contributed by atoms with E-state index in [1.165, 1.54) is 31.4 Å².